The molecule has 0 radical (unpaired) electrons. The molecule has 2 aliphatic rings. The maximum Gasteiger partial charge on any atom is 0.321 e. The van der Waals surface area contributed by atoms with Crippen molar-refractivity contribution in [1.82, 2.24) is 14.8 Å². The minimum Gasteiger partial charge on any atom is -0.339 e. The minimum atomic E-state index is -0.0656. The van der Waals surface area contributed by atoms with Crippen LogP contribution in [0.5, 0.6) is 0 Å². The lowest BCUT2D eigenvalue weighted by Crippen LogP contribution is -2.50. The quantitative estimate of drug-likeness (QED) is 0.741. The highest BCUT2D eigenvalue weighted by atomic mass is 32.2. The number of benzene rings is 1. The Morgan fingerprint density at radius 2 is 1.97 bits per heavy atom. The number of likely N-dealkylation sites (tertiary alicyclic amines) is 1. The molecule has 6 nitrogen and oxygen atoms in total. The Morgan fingerprint density at radius 1 is 1.16 bits per heavy atom. The number of anilines is 1. The lowest BCUT2D eigenvalue weighted by Gasteiger charge is -2.39. The lowest BCUT2D eigenvalue weighted by atomic mass is 9.93. The van der Waals surface area contributed by atoms with Crippen LogP contribution in [0.3, 0.4) is 0 Å². The number of amides is 3. The molecule has 1 fully saturated rings. The van der Waals surface area contributed by atoms with Crippen LogP contribution in [0.4, 0.5) is 10.5 Å². The van der Waals surface area contributed by atoms with Gasteiger partial charge in [-0.15, -0.1) is 0 Å². The molecule has 1 N–H and O–H groups in total. The number of nitrogens with one attached hydrogen (secondary N) is 1. The molecule has 7 heteroatoms. The Kier molecular flexibility index (Phi) is 6.92. The van der Waals surface area contributed by atoms with Crippen LogP contribution in [0.15, 0.2) is 54.9 Å². The topological polar surface area (TPSA) is 65.5 Å². The largest absolute Gasteiger partial charge is 0.339 e. The molecule has 0 atom stereocenters. The van der Waals surface area contributed by atoms with E-state index in [0.717, 1.165) is 30.0 Å². The van der Waals surface area contributed by atoms with Gasteiger partial charge in [0.15, 0.2) is 0 Å². The number of rotatable bonds is 6. The maximum absolute atomic E-state index is 12.5. The summed E-state index contributed by atoms with van der Waals surface area (Å²) in [6.45, 7) is 2.88. The third kappa shape index (κ3) is 5.28. The van der Waals surface area contributed by atoms with Gasteiger partial charge in [0.2, 0.25) is 5.91 Å². The fraction of sp³-hybridized carbons (Fsp3) is 0.375. The average Bonchev–Trinajstić information content (AvgIpc) is 2.78. The number of urea groups is 1. The standard InChI is InChI=1S/C24H28N4O2S/c1-31-14-10-23(29)27-12-8-19(9-13-27)18-4-6-22(7-5-18)26-24(30)28-16-21(17-28)20-3-2-11-25-15-20/h2-8,11,15,21H,9-10,12-14,16-17H2,1H3,(H,26,30). The molecule has 162 valence electrons. The Hall–Kier alpha value is -2.80. The third-order valence-corrected chi connectivity index (χ3v) is 6.53. The fourth-order valence-electron chi connectivity index (χ4n) is 3.95. The summed E-state index contributed by atoms with van der Waals surface area (Å²) >= 11 is 1.70. The monoisotopic (exact) mass is 436 g/mol. The van der Waals surface area contributed by atoms with E-state index >= 15 is 0 Å². The molecule has 2 aromatic rings. The summed E-state index contributed by atoms with van der Waals surface area (Å²) in [6, 6.07) is 11.9. The average molecular weight is 437 g/mol. The van der Waals surface area contributed by atoms with Crippen molar-refractivity contribution in [2.45, 2.75) is 18.8 Å². The molecule has 0 bridgehead atoms. The van der Waals surface area contributed by atoms with Gasteiger partial charge in [-0.3, -0.25) is 9.78 Å². The highest BCUT2D eigenvalue weighted by Crippen LogP contribution is 2.28. The Bertz CT molecular complexity index is 940. The summed E-state index contributed by atoms with van der Waals surface area (Å²) in [4.78, 5) is 32.6. The van der Waals surface area contributed by atoms with Gasteiger partial charge in [0.05, 0.1) is 0 Å². The van der Waals surface area contributed by atoms with Gasteiger partial charge >= 0.3 is 6.03 Å². The molecule has 0 spiro atoms. The van der Waals surface area contributed by atoms with Crippen LogP contribution in [0.25, 0.3) is 5.57 Å². The lowest BCUT2D eigenvalue weighted by molar-refractivity contribution is -0.130. The molecule has 0 saturated carbocycles. The molecule has 3 amide bonds. The first-order valence-corrected chi connectivity index (χ1v) is 12.1. The van der Waals surface area contributed by atoms with Crippen LogP contribution >= 0.6 is 11.8 Å². The highest BCUT2D eigenvalue weighted by Gasteiger charge is 2.31. The molecule has 2 aliphatic heterocycles. The Balaban J connectivity index is 1.27. The smallest absolute Gasteiger partial charge is 0.321 e. The van der Waals surface area contributed by atoms with Crippen LogP contribution in [0.2, 0.25) is 0 Å². The molecule has 1 saturated heterocycles. The number of hydrogen-bond acceptors (Lipinski definition) is 4. The van der Waals surface area contributed by atoms with Gasteiger partial charge in [-0.2, -0.15) is 11.8 Å². The molecule has 1 aromatic heterocycles. The Morgan fingerprint density at radius 3 is 2.61 bits per heavy atom. The van der Waals surface area contributed by atoms with Gasteiger partial charge in [0, 0.05) is 62.4 Å². The molecule has 0 unspecified atom stereocenters. The molecular formula is C24H28N4O2S. The van der Waals surface area contributed by atoms with Crippen LogP contribution < -0.4 is 5.32 Å². The van der Waals surface area contributed by atoms with E-state index in [1.165, 1.54) is 11.1 Å². The van der Waals surface area contributed by atoms with Crippen LogP contribution in [0.1, 0.15) is 29.9 Å². The van der Waals surface area contributed by atoms with Gasteiger partial charge in [-0.1, -0.05) is 24.3 Å². The van der Waals surface area contributed by atoms with Gasteiger partial charge < -0.3 is 15.1 Å². The predicted molar refractivity (Wildman–Crippen MR) is 126 cm³/mol. The highest BCUT2D eigenvalue weighted by molar-refractivity contribution is 7.98. The van der Waals surface area contributed by atoms with Crippen molar-refractivity contribution in [2.24, 2.45) is 0 Å². The summed E-state index contributed by atoms with van der Waals surface area (Å²) in [5.41, 5.74) is 4.38. The second-order valence-corrected chi connectivity index (χ2v) is 8.94. The van der Waals surface area contributed by atoms with Crippen molar-refractivity contribution in [3.05, 3.63) is 66.0 Å². The fourth-order valence-corrected chi connectivity index (χ4v) is 4.33. The molecule has 0 aliphatic carbocycles. The predicted octanol–water partition coefficient (Wildman–Crippen LogP) is 4.08. The van der Waals surface area contributed by atoms with E-state index in [2.05, 4.69) is 22.4 Å². The number of hydrogen-bond donors (Lipinski definition) is 1. The first-order valence-electron chi connectivity index (χ1n) is 10.7. The number of carbonyl (C=O) groups is 2. The number of nitrogens with zero attached hydrogens (tertiary/aromatic N) is 3. The summed E-state index contributed by atoms with van der Waals surface area (Å²) in [5.74, 6) is 1.48. The van der Waals surface area contributed by atoms with Crippen molar-refractivity contribution in [3.63, 3.8) is 0 Å². The van der Waals surface area contributed by atoms with Crippen molar-refractivity contribution >= 4 is 35.0 Å². The normalized spacial score (nSPS) is 16.5. The van der Waals surface area contributed by atoms with E-state index in [-0.39, 0.29) is 11.9 Å². The molecule has 1 aromatic carbocycles. The van der Waals surface area contributed by atoms with E-state index in [1.807, 2.05) is 52.6 Å². The first-order chi connectivity index (χ1) is 15.1. The van der Waals surface area contributed by atoms with Crippen molar-refractivity contribution < 1.29 is 9.59 Å². The number of aromatic nitrogens is 1. The summed E-state index contributed by atoms with van der Waals surface area (Å²) < 4.78 is 0. The molecular weight excluding hydrogens is 408 g/mol. The SMILES string of the molecule is CSCCC(=O)N1CC=C(c2ccc(NC(=O)N3CC(c4cccnc4)C3)cc2)CC1. The molecule has 3 heterocycles. The second kappa shape index (κ2) is 10.0. The van der Waals surface area contributed by atoms with E-state index in [9.17, 15) is 9.59 Å². The number of carbonyl (C=O) groups excluding carboxylic acids is 2. The van der Waals surface area contributed by atoms with Crippen LogP contribution in [-0.4, -0.2) is 64.9 Å². The van der Waals surface area contributed by atoms with E-state index in [0.29, 0.717) is 32.0 Å². The van der Waals surface area contributed by atoms with Gasteiger partial charge in [-0.05, 0) is 47.6 Å². The Labute approximate surface area is 187 Å². The van der Waals surface area contributed by atoms with E-state index in [1.54, 1.807) is 18.0 Å². The van der Waals surface area contributed by atoms with Crippen LogP contribution in [0, 0.1) is 0 Å². The first kappa shape index (κ1) is 21.4. The maximum atomic E-state index is 12.5. The van der Waals surface area contributed by atoms with Gasteiger partial charge in [0.1, 0.15) is 0 Å². The minimum absolute atomic E-state index is 0.0656. The summed E-state index contributed by atoms with van der Waals surface area (Å²) in [6.07, 6.45) is 9.28. The summed E-state index contributed by atoms with van der Waals surface area (Å²) in [5, 5.41) is 2.98. The van der Waals surface area contributed by atoms with Crippen LogP contribution in [-0.2, 0) is 4.79 Å². The van der Waals surface area contributed by atoms with Gasteiger partial charge in [0.25, 0.3) is 0 Å². The third-order valence-electron chi connectivity index (χ3n) is 5.91. The van der Waals surface area contributed by atoms with Gasteiger partial charge in [-0.25, -0.2) is 4.79 Å². The van der Waals surface area contributed by atoms with E-state index < -0.39 is 0 Å². The molecule has 31 heavy (non-hydrogen) atoms. The van der Waals surface area contributed by atoms with Crippen molar-refractivity contribution in [3.8, 4) is 0 Å². The molecule has 4 rings (SSSR count). The number of thioether (sulfide) groups is 1. The van der Waals surface area contributed by atoms with E-state index in [4.69, 9.17) is 0 Å². The zero-order valence-corrected chi connectivity index (χ0v) is 18.6. The van der Waals surface area contributed by atoms with Crippen molar-refractivity contribution in [2.75, 3.05) is 43.5 Å². The zero-order chi connectivity index (χ0) is 21.6. The zero-order valence-electron chi connectivity index (χ0n) is 17.8. The second-order valence-electron chi connectivity index (χ2n) is 7.96. The number of pyridine rings is 1. The summed E-state index contributed by atoms with van der Waals surface area (Å²) in [7, 11) is 0. The van der Waals surface area contributed by atoms with Crippen molar-refractivity contribution in [1.29, 1.82) is 0 Å².